The van der Waals surface area contributed by atoms with Crippen LogP contribution in [0, 0.1) is 0 Å². The number of hydrogen-bond donors (Lipinski definition) is 1. The fraction of sp³-hybridized carbons (Fsp3) is 0.500. The van der Waals surface area contributed by atoms with Crippen LogP contribution in [-0.4, -0.2) is 15.5 Å². The summed E-state index contributed by atoms with van der Waals surface area (Å²) in [6.45, 7) is 3.92. The molecule has 16 heavy (non-hydrogen) atoms. The van der Waals surface area contributed by atoms with Crippen LogP contribution in [0.15, 0.2) is 24.3 Å². The van der Waals surface area contributed by atoms with Gasteiger partial charge in [-0.1, -0.05) is 30.7 Å². The largest absolute Gasteiger partial charge is 0.328 e. The number of halogens is 1. The average molecular weight is 260 g/mol. The molecule has 1 rings (SSSR count). The molecule has 4 heteroatoms. The molecule has 0 amide bonds. The molecule has 1 aromatic rings. The first-order valence-corrected chi connectivity index (χ1v) is 7.12. The maximum absolute atomic E-state index is 12.0. The summed E-state index contributed by atoms with van der Waals surface area (Å²) in [6, 6.07) is 7.58. The molecule has 0 bridgehead atoms. The predicted octanol–water partition coefficient (Wildman–Crippen LogP) is 2.71. The van der Waals surface area contributed by atoms with Crippen LogP contribution in [0.2, 0.25) is 5.02 Å². The van der Waals surface area contributed by atoms with E-state index in [4.69, 9.17) is 17.3 Å². The Morgan fingerprint density at radius 2 is 1.88 bits per heavy atom. The minimum atomic E-state index is -0.866. The van der Waals surface area contributed by atoms with Crippen LogP contribution < -0.4 is 5.73 Å². The minimum absolute atomic E-state index is 0.101. The van der Waals surface area contributed by atoms with E-state index in [0.717, 1.165) is 12.0 Å². The van der Waals surface area contributed by atoms with Gasteiger partial charge < -0.3 is 5.73 Å². The number of nitrogens with two attached hydrogens (primary N) is 1. The van der Waals surface area contributed by atoms with E-state index in [1.54, 1.807) is 0 Å². The second-order valence-electron chi connectivity index (χ2n) is 4.18. The van der Waals surface area contributed by atoms with Gasteiger partial charge in [0, 0.05) is 32.9 Å². The lowest BCUT2D eigenvalue weighted by molar-refractivity contribution is 0.628. The van der Waals surface area contributed by atoms with Crippen molar-refractivity contribution < 1.29 is 4.21 Å². The molecule has 0 aliphatic rings. The van der Waals surface area contributed by atoms with Crippen LogP contribution in [-0.2, 0) is 16.6 Å². The van der Waals surface area contributed by atoms with E-state index in [-0.39, 0.29) is 11.3 Å². The second kappa shape index (κ2) is 6.38. The van der Waals surface area contributed by atoms with E-state index in [1.165, 1.54) is 0 Å². The Bertz CT molecular complexity index is 351. The van der Waals surface area contributed by atoms with Crippen molar-refractivity contribution in [2.24, 2.45) is 5.73 Å². The first kappa shape index (κ1) is 13.7. The Morgan fingerprint density at radius 3 is 2.38 bits per heavy atom. The lowest BCUT2D eigenvalue weighted by Gasteiger charge is -2.13. The first-order valence-electron chi connectivity index (χ1n) is 5.36. The molecule has 1 aromatic carbocycles. The van der Waals surface area contributed by atoms with Gasteiger partial charge in [0.15, 0.2) is 0 Å². The van der Waals surface area contributed by atoms with E-state index in [0.29, 0.717) is 10.8 Å². The van der Waals surface area contributed by atoms with E-state index in [2.05, 4.69) is 0 Å². The monoisotopic (exact) mass is 259 g/mol. The molecule has 0 aromatic heterocycles. The fourth-order valence-electron chi connectivity index (χ4n) is 1.52. The molecule has 2 nitrogen and oxygen atoms in total. The van der Waals surface area contributed by atoms with Crippen molar-refractivity contribution in [2.75, 3.05) is 0 Å². The Labute approximate surface area is 105 Å². The van der Waals surface area contributed by atoms with E-state index in [1.807, 2.05) is 38.1 Å². The second-order valence-corrected chi connectivity index (χ2v) is 6.47. The molecule has 3 atom stereocenters. The lowest BCUT2D eigenvalue weighted by atomic mass is 10.2. The Kier molecular flexibility index (Phi) is 5.46. The van der Waals surface area contributed by atoms with Crippen molar-refractivity contribution in [2.45, 2.75) is 37.3 Å². The van der Waals surface area contributed by atoms with Gasteiger partial charge >= 0.3 is 0 Å². The molecule has 3 unspecified atom stereocenters. The van der Waals surface area contributed by atoms with Gasteiger partial charge in [0.1, 0.15) is 0 Å². The number of benzene rings is 1. The highest BCUT2D eigenvalue weighted by Gasteiger charge is 2.13. The molecule has 0 saturated heterocycles. The molecule has 0 aliphatic carbocycles. The van der Waals surface area contributed by atoms with Gasteiger partial charge in [0.25, 0.3) is 0 Å². The van der Waals surface area contributed by atoms with Gasteiger partial charge in [-0.2, -0.15) is 0 Å². The fourth-order valence-corrected chi connectivity index (χ4v) is 2.97. The minimum Gasteiger partial charge on any atom is -0.328 e. The molecule has 0 fully saturated rings. The number of hydrogen-bond acceptors (Lipinski definition) is 2. The lowest BCUT2D eigenvalue weighted by Crippen LogP contribution is -2.24. The third kappa shape index (κ3) is 4.64. The van der Waals surface area contributed by atoms with Crippen LogP contribution >= 0.6 is 11.6 Å². The summed E-state index contributed by atoms with van der Waals surface area (Å²) in [7, 11) is -0.866. The van der Waals surface area contributed by atoms with Gasteiger partial charge in [0.05, 0.1) is 0 Å². The highest BCUT2D eigenvalue weighted by molar-refractivity contribution is 7.84. The topological polar surface area (TPSA) is 43.1 Å². The summed E-state index contributed by atoms with van der Waals surface area (Å²) in [5.74, 6) is 0.574. The molecule has 0 heterocycles. The van der Waals surface area contributed by atoms with Crippen LogP contribution in [0.25, 0.3) is 0 Å². The molecular formula is C12H18ClNOS. The normalized spacial score (nSPS) is 16.8. The standard InChI is InChI=1S/C12H18ClNOS/c1-9(14)7-10(2)16(15)8-11-3-5-12(13)6-4-11/h3-6,9-10H,7-8,14H2,1-2H3. The molecule has 0 saturated carbocycles. The van der Waals surface area contributed by atoms with Crippen LogP contribution in [0.4, 0.5) is 0 Å². The predicted molar refractivity (Wildman–Crippen MR) is 71.0 cm³/mol. The van der Waals surface area contributed by atoms with Crippen molar-refractivity contribution in [3.05, 3.63) is 34.9 Å². The van der Waals surface area contributed by atoms with Gasteiger partial charge in [0.2, 0.25) is 0 Å². The zero-order valence-corrected chi connectivity index (χ0v) is 11.2. The van der Waals surface area contributed by atoms with Gasteiger partial charge in [-0.25, -0.2) is 0 Å². The summed E-state index contributed by atoms with van der Waals surface area (Å²) in [5.41, 5.74) is 6.75. The zero-order chi connectivity index (χ0) is 12.1. The van der Waals surface area contributed by atoms with Gasteiger partial charge in [-0.3, -0.25) is 4.21 Å². The van der Waals surface area contributed by atoms with Crippen molar-refractivity contribution in [3.63, 3.8) is 0 Å². The maximum Gasteiger partial charge on any atom is 0.0488 e. The Hall–Kier alpha value is -0.380. The summed E-state index contributed by atoms with van der Waals surface area (Å²) in [5, 5.41) is 0.842. The third-order valence-electron chi connectivity index (χ3n) is 2.37. The SMILES string of the molecule is CC(N)CC(C)S(=O)Cc1ccc(Cl)cc1. The quantitative estimate of drug-likeness (QED) is 0.884. The molecule has 0 radical (unpaired) electrons. The van der Waals surface area contributed by atoms with E-state index >= 15 is 0 Å². The third-order valence-corrected chi connectivity index (χ3v) is 4.33. The van der Waals surface area contributed by atoms with Crippen molar-refractivity contribution >= 4 is 22.4 Å². The molecule has 0 aliphatic heterocycles. The summed E-state index contributed by atoms with van der Waals surface area (Å²) in [6.07, 6.45) is 0.792. The van der Waals surface area contributed by atoms with Crippen molar-refractivity contribution in [3.8, 4) is 0 Å². The van der Waals surface area contributed by atoms with Crippen LogP contribution in [0.5, 0.6) is 0 Å². The Morgan fingerprint density at radius 1 is 1.31 bits per heavy atom. The summed E-state index contributed by atoms with van der Waals surface area (Å²) in [4.78, 5) is 0. The first-order chi connectivity index (χ1) is 7.49. The highest BCUT2D eigenvalue weighted by Crippen LogP contribution is 2.14. The van der Waals surface area contributed by atoms with Crippen molar-refractivity contribution in [1.29, 1.82) is 0 Å². The molecule has 2 N–H and O–H groups in total. The van der Waals surface area contributed by atoms with E-state index in [9.17, 15) is 4.21 Å². The van der Waals surface area contributed by atoms with Gasteiger partial charge in [-0.05, 0) is 31.0 Å². The highest BCUT2D eigenvalue weighted by atomic mass is 35.5. The summed E-state index contributed by atoms with van der Waals surface area (Å²) < 4.78 is 12.0. The maximum atomic E-state index is 12.0. The van der Waals surface area contributed by atoms with E-state index < -0.39 is 10.8 Å². The average Bonchev–Trinajstić information content (AvgIpc) is 2.20. The summed E-state index contributed by atoms with van der Waals surface area (Å²) >= 11 is 5.79. The van der Waals surface area contributed by atoms with Gasteiger partial charge in [-0.15, -0.1) is 0 Å². The zero-order valence-electron chi connectivity index (χ0n) is 9.65. The Balaban J connectivity index is 2.54. The molecule has 0 spiro atoms. The molecule has 90 valence electrons. The van der Waals surface area contributed by atoms with Crippen molar-refractivity contribution in [1.82, 2.24) is 0 Å². The van der Waals surface area contributed by atoms with Crippen LogP contribution in [0.1, 0.15) is 25.8 Å². The van der Waals surface area contributed by atoms with Crippen LogP contribution in [0.3, 0.4) is 0 Å². The molecular weight excluding hydrogens is 242 g/mol. The smallest absolute Gasteiger partial charge is 0.0488 e. The number of rotatable bonds is 5.